The number of aliphatic hydroxyl groups excluding tert-OH is 4. The zero-order valence-electron chi connectivity index (χ0n) is 16.3. The predicted octanol–water partition coefficient (Wildman–Crippen LogP) is -0.245. The first-order chi connectivity index (χ1) is 15.2. The van der Waals surface area contributed by atoms with E-state index in [0.29, 0.717) is 0 Å². The molecule has 1 aliphatic rings. The summed E-state index contributed by atoms with van der Waals surface area (Å²) in [5.41, 5.74) is -0.378. The smallest absolute Gasteiger partial charge is 0.229 e. The highest BCUT2D eigenvalue weighted by Gasteiger charge is 2.44. The lowest BCUT2D eigenvalue weighted by molar-refractivity contribution is -0.277. The van der Waals surface area contributed by atoms with Crippen LogP contribution in [0.5, 0.6) is 23.0 Å². The zero-order chi connectivity index (χ0) is 23.2. The minimum Gasteiger partial charge on any atom is -0.508 e. The molecule has 32 heavy (non-hydrogen) atoms. The maximum atomic E-state index is 12.4. The van der Waals surface area contributed by atoms with Crippen LogP contribution in [0.3, 0.4) is 0 Å². The van der Waals surface area contributed by atoms with Crippen molar-refractivity contribution in [3.63, 3.8) is 0 Å². The molecule has 1 aromatic heterocycles. The molecule has 0 unspecified atom stereocenters. The third kappa shape index (κ3) is 3.83. The summed E-state index contributed by atoms with van der Waals surface area (Å²) in [7, 11) is 0. The quantitative estimate of drug-likeness (QED) is 0.279. The van der Waals surface area contributed by atoms with Gasteiger partial charge in [0.15, 0.2) is 16.9 Å². The lowest BCUT2D eigenvalue weighted by Gasteiger charge is -2.39. The number of phenolic OH excluding ortho intramolecular Hbond substituents is 3. The first-order valence-corrected chi connectivity index (χ1v) is 9.50. The molecule has 0 aliphatic carbocycles. The van der Waals surface area contributed by atoms with E-state index in [-0.39, 0.29) is 33.8 Å². The minimum absolute atomic E-state index is 0.0298. The fourth-order valence-electron chi connectivity index (χ4n) is 3.46. The maximum Gasteiger partial charge on any atom is 0.229 e. The van der Waals surface area contributed by atoms with Crippen molar-refractivity contribution >= 4 is 11.0 Å². The Labute approximate surface area is 179 Å². The van der Waals surface area contributed by atoms with Gasteiger partial charge in [0.05, 0.1) is 6.61 Å². The van der Waals surface area contributed by atoms with Crippen LogP contribution in [0.25, 0.3) is 22.3 Å². The Kier molecular flexibility index (Phi) is 5.67. The molecule has 2 heterocycles. The second-order valence-electron chi connectivity index (χ2n) is 7.31. The number of hydrogen-bond donors (Lipinski definition) is 7. The molecule has 0 saturated carbocycles. The van der Waals surface area contributed by atoms with Crippen molar-refractivity contribution in [2.24, 2.45) is 0 Å². The molecule has 0 spiro atoms. The summed E-state index contributed by atoms with van der Waals surface area (Å²) in [5, 5.41) is 68.7. The van der Waals surface area contributed by atoms with E-state index in [1.54, 1.807) is 0 Å². The van der Waals surface area contributed by atoms with Crippen LogP contribution in [-0.4, -0.2) is 73.1 Å². The highest BCUT2D eigenvalue weighted by molar-refractivity contribution is 5.86. The van der Waals surface area contributed by atoms with Gasteiger partial charge in [-0.25, -0.2) is 0 Å². The van der Waals surface area contributed by atoms with Crippen molar-refractivity contribution in [3.05, 3.63) is 46.6 Å². The molecule has 4 rings (SSSR count). The van der Waals surface area contributed by atoms with Crippen molar-refractivity contribution in [2.75, 3.05) is 6.61 Å². The fourth-order valence-corrected chi connectivity index (χ4v) is 3.46. The van der Waals surface area contributed by atoms with Crippen molar-refractivity contribution < 1.29 is 49.6 Å². The molecule has 1 fully saturated rings. The van der Waals surface area contributed by atoms with Crippen molar-refractivity contribution in [1.29, 1.82) is 0 Å². The molecular formula is C21H20O11. The minimum atomic E-state index is -1.66. The van der Waals surface area contributed by atoms with E-state index in [4.69, 9.17) is 13.9 Å². The van der Waals surface area contributed by atoms with Gasteiger partial charge in [-0.05, 0) is 18.2 Å². The number of aromatic hydroxyl groups is 3. The van der Waals surface area contributed by atoms with Crippen LogP contribution in [0.2, 0.25) is 0 Å². The molecule has 0 radical (unpaired) electrons. The van der Waals surface area contributed by atoms with Crippen LogP contribution >= 0.6 is 0 Å². The number of hydrogen-bond acceptors (Lipinski definition) is 11. The number of fused-ring (bicyclic) bond motifs is 1. The van der Waals surface area contributed by atoms with Crippen LogP contribution in [0.1, 0.15) is 0 Å². The van der Waals surface area contributed by atoms with E-state index in [2.05, 4.69) is 0 Å². The summed E-state index contributed by atoms with van der Waals surface area (Å²) in [6, 6.07) is 7.19. The van der Waals surface area contributed by atoms with Crippen molar-refractivity contribution in [2.45, 2.75) is 30.7 Å². The number of phenols is 3. The topological polar surface area (TPSA) is 190 Å². The molecule has 11 heteroatoms. The van der Waals surface area contributed by atoms with Crippen LogP contribution < -0.4 is 10.2 Å². The molecule has 0 bridgehead atoms. The van der Waals surface area contributed by atoms with Gasteiger partial charge in [-0.15, -0.1) is 0 Å². The third-order valence-corrected chi connectivity index (χ3v) is 5.13. The molecule has 7 N–H and O–H groups in total. The normalized spacial score (nSPS) is 25.7. The number of rotatable bonds is 4. The SMILES string of the molecule is O=c1cc(-c2ccc(O[C@@H]3O[C@@H](CO)[C@H](O)[C@@H](O)[C@@H]3O)c(O)c2)oc2cc(O)cc(O)c12. The molecular weight excluding hydrogens is 428 g/mol. The molecule has 11 nitrogen and oxygen atoms in total. The molecule has 0 amide bonds. The lowest BCUT2D eigenvalue weighted by Crippen LogP contribution is -2.60. The van der Waals surface area contributed by atoms with Gasteiger partial charge in [0.1, 0.15) is 52.6 Å². The van der Waals surface area contributed by atoms with Crippen LogP contribution in [0, 0.1) is 0 Å². The average Bonchev–Trinajstić information content (AvgIpc) is 2.74. The van der Waals surface area contributed by atoms with Crippen LogP contribution in [0.4, 0.5) is 0 Å². The van der Waals surface area contributed by atoms with Gasteiger partial charge < -0.3 is 49.6 Å². The molecule has 3 aromatic rings. The van der Waals surface area contributed by atoms with Gasteiger partial charge >= 0.3 is 0 Å². The molecule has 1 saturated heterocycles. The molecule has 170 valence electrons. The molecule has 2 aromatic carbocycles. The summed E-state index contributed by atoms with van der Waals surface area (Å²) < 4.78 is 16.2. The zero-order valence-corrected chi connectivity index (χ0v) is 16.3. The van der Waals surface area contributed by atoms with Gasteiger partial charge in [-0.3, -0.25) is 4.79 Å². The number of ether oxygens (including phenoxy) is 2. The van der Waals surface area contributed by atoms with Crippen molar-refractivity contribution in [3.8, 4) is 34.3 Å². The Morgan fingerprint density at radius 1 is 0.906 bits per heavy atom. The third-order valence-electron chi connectivity index (χ3n) is 5.13. The van der Waals surface area contributed by atoms with E-state index >= 15 is 0 Å². The highest BCUT2D eigenvalue weighted by Crippen LogP contribution is 2.35. The van der Waals surface area contributed by atoms with Crippen LogP contribution in [0.15, 0.2) is 45.6 Å². The fraction of sp³-hybridized carbons (Fsp3) is 0.286. The van der Waals surface area contributed by atoms with Crippen molar-refractivity contribution in [1.82, 2.24) is 0 Å². The Bertz CT molecular complexity index is 1200. The van der Waals surface area contributed by atoms with E-state index in [1.807, 2.05) is 0 Å². The summed E-state index contributed by atoms with van der Waals surface area (Å²) in [6.07, 6.45) is -7.54. The first kappa shape index (κ1) is 21.9. The molecule has 5 atom stereocenters. The Hall–Kier alpha value is -3.35. The largest absolute Gasteiger partial charge is 0.508 e. The highest BCUT2D eigenvalue weighted by atomic mass is 16.7. The second-order valence-corrected chi connectivity index (χ2v) is 7.31. The summed E-state index contributed by atoms with van der Waals surface area (Å²) >= 11 is 0. The Morgan fingerprint density at radius 3 is 2.34 bits per heavy atom. The maximum absolute atomic E-state index is 12.4. The summed E-state index contributed by atoms with van der Waals surface area (Å²) in [6.45, 7) is -0.637. The van der Waals surface area contributed by atoms with E-state index in [9.17, 15) is 40.5 Å². The summed E-state index contributed by atoms with van der Waals surface area (Å²) in [4.78, 5) is 12.4. The van der Waals surface area contributed by atoms with E-state index in [0.717, 1.165) is 18.2 Å². The Balaban J connectivity index is 1.64. The second kappa shape index (κ2) is 8.30. The number of benzene rings is 2. The summed E-state index contributed by atoms with van der Waals surface area (Å²) in [5.74, 6) is -1.30. The number of aliphatic hydroxyl groups is 4. The monoisotopic (exact) mass is 448 g/mol. The van der Waals surface area contributed by atoms with Crippen LogP contribution in [-0.2, 0) is 4.74 Å². The van der Waals surface area contributed by atoms with Gasteiger partial charge in [-0.1, -0.05) is 0 Å². The lowest BCUT2D eigenvalue weighted by atomic mass is 9.99. The van der Waals surface area contributed by atoms with E-state index in [1.165, 1.54) is 18.2 Å². The Morgan fingerprint density at radius 2 is 1.66 bits per heavy atom. The van der Waals surface area contributed by atoms with Gasteiger partial charge in [0, 0.05) is 23.8 Å². The predicted molar refractivity (Wildman–Crippen MR) is 107 cm³/mol. The van der Waals surface area contributed by atoms with Gasteiger partial charge in [-0.2, -0.15) is 0 Å². The van der Waals surface area contributed by atoms with Gasteiger partial charge in [0.25, 0.3) is 0 Å². The molecule has 1 aliphatic heterocycles. The average molecular weight is 448 g/mol. The van der Waals surface area contributed by atoms with E-state index < -0.39 is 54.2 Å². The van der Waals surface area contributed by atoms with Gasteiger partial charge in [0.2, 0.25) is 6.29 Å². The first-order valence-electron chi connectivity index (χ1n) is 9.50. The standard InChI is InChI=1S/C21H20O11/c22-7-16-18(27)19(28)20(29)21(32-16)31-13-2-1-8(3-10(13)24)14-6-12(26)17-11(25)4-9(23)5-15(17)30-14/h1-6,16,18-25,27-29H,7H2/t16-,18-,19+,20-,21+/m0/s1.